The summed E-state index contributed by atoms with van der Waals surface area (Å²) in [6.45, 7) is 14.3. The maximum atomic E-state index is 5.36. The highest BCUT2D eigenvalue weighted by Crippen LogP contribution is 2.54. The number of thiol groups is 2. The summed E-state index contributed by atoms with van der Waals surface area (Å²) in [6.07, 6.45) is 7.67. The molecule has 0 saturated heterocycles. The molecule has 0 aliphatic heterocycles. The summed E-state index contributed by atoms with van der Waals surface area (Å²) in [4.78, 5) is 0. The monoisotopic (exact) mass is 418 g/mol. The third-order valence-electron chi connectivity index (χ3n) is 7.98. The minimum Gasteiger partial charge on any atom is -0.167 e. The van der Waals surface area contributed by atoms with Gasteiger partial charge in [0.2, 0.25) is 0 Å². The molecule has 158 valence electrons. The molecule has 0 amide bonds. The van der Waals surface area contributed by atoms with Crippen molar-refractivity contribution in [2.75, 3.05) is 0 Å². The van der Waals surface area contributed by atoms with Gasteiger partial charge in [-0.15, -0.1) is 0 Å². The van der Waals surface area contributed by atoms with Crippen molar-refractivity contribution in [1.29, 1.82) is 0 Å². The molecular formula is C26H42S2. The van der Waals surface area contributed by atoms with Gasteiger partial charge in [-0.3, -0.25) is 0 Å². The van der Waals surface area contributed by atoms with Gasteiger partial charge < -0.3 is 0 Å². The minimum atomic E-state index is 0.00539. The van der Waals surface area contributed by atoms with Crippen LogP contribution in [-0.4, -0.2) is 0 Å². The first kappa shape index (κ1) is 22.6. The van der Waals surface area contributed by atoms with E-state index >= 15 is 0 Å². The highest BCUT2D eigenvalue weighted by Gasteiger charge is 2.45. The lowest BCUT2D eigenvalue weighted by atomic mass is 9.65. The van der Waals surface area contributed by atoms with E-state index in [4.69, 9.17) is 25.3 Å². The molecule has 0 spiro atoms. The lowest BCUT2D eigenvalue weighted by Crippen LogP contribution is -2.40. The van der Waals surface area contributed by atoms with Crippen molar-refractivity contribution in [2.24, 2.45) is 35.5 Å². The van der Waals surface area contributed by atoms with Gasteiger partial charge in [0.15, 0.2) is 0 Å². The zero-order chi connectivity index (χ0) is 20.7. The SMILES string of the molecule is CC1CCC(C(C)C)C(S)(c2ccc(C3(S)CC(C)CCC3C(C)C)cc2)C1. The number of benzene rings is 1. The Kier molecular flexibility index (Phi) is 6.92. The van der Waals surface area contributed by atoms with Gasteiger partial charge in [-0.25, -0.2) is 0 Å². The summed E-state index contributed by atoms with van der Waals surface area (Å²) in [5.74, 6) is 4.17. The summed E-state index contributed by atoms with van der Waals surface area (Å²) in [5, 5.41) is 0. The fraction of sp³-hybridized carbons (Fsp3) is 0.769. The van der Waals surface area contributed by atoms with Crippen LogP contribution >= 0.6 is 25.3 Å². The highest BCUT2D eigenvalue weighted by molar-refractivity contribution is 7.81. The number of rotatable bonds is 4. The minimum absolute atomic E-state index is 0.00539. The van der Waals surface area contributed by atoms with Crippen molar-refractivity contribution in [3.05, 3.63) is 35.4 Å². The second kappa shape index (κ2) is 8.58. The summed E-state index contributed by atoms with van der Waals surface area (Å²) in [6, 6.07) is 9.57. The summed E-state index contributed by atoms with van der Waals surface area (Å²) < 4.78 is 0.0108. The predicted octanol–water partition coefficient (Wildman–Crippen LogP) is 8.12. The fourth-order valence-electron chi connectivity index (χ4n) is 6.46. The molecule has 2 saturated carbocycles. The van der Waals surface area contributed by atoms with Crippen LogP contribution in [-0.2, 0) is 9.49 Å². The summed E-state index contributed by atoms with van der Waals surface area (Å²) in [5.41, 5.74) is 2.85. The molecule has 0 bridgehead atoms. The molecule has 2 fully saturated rings. The Labute approximate surface area is 185 Å². The van der Waals surface area contributed by atoms with Crippen LogP contribution < -0.4 is 0 Å². The van der Waals surface area contributed by atoms with Gasteiger partial charge in [-0.1, -0.05) is 78.6 Å². The molecule has 2 aliphatic rings. The molecular weight excluding hydrogens is 376 g/mol. The first-order valence-corrected chi connectivity index (χ1v) is 12.5. The molecule has 3 rings (SSSR count). The molecule has 6 atom stereocenters. The molecule has 1 aromatic carbocycles. The molecule has 28 heavy (non-hydrogen) atoms. The first-order valence-electron chi connectivity index (χ1n) is 11.6. The summed E-state index contributed by atoms with van der Waals surface area (Å²) >= 11 is 10.7. The van der Waals surface area contributed by atoms with Crippen molar-refractivity contribution in [3.8, 4) is 0 Å². The van der Waals surface area contributed by atoms with E-state index in [0.717, 1.165) is 11.8 Å². The highest BCUT2D eigenvalue weighted by atomic mass is 32.1. The van der Waals surface area contributed by atoms with Gasteiger partial charge in [-0.2, -0.15) is 25.3 Å². The van der Waals surface area contributed by atoms with Crippen molar-refractivity contribution in [3.63, 3.8) is 0 Å². The van der Waals surface area contributed by atoms with Crippen molar-refractivity contribution < 1.29 is 0 Å². The predicted molar refractivity (Wildman–Crippen MR) is 130 cm³/mol. The molecule has 2 aliphatic carbocycles. The van der Waals surface area contributed by atoms with Crippen LogP contribution in [0.25, 0.3) is 0 Å². The van der Waals surface area contributed by atoms with Gasteiger partial charge in [0.25, 0.3) is 0 Å². The lowest BCUT2D eigenvalue weighted by Gasteiger charge is -2.47. The molecule has 0 radical (unpaired) electrons. The molecule has 2 heteroatoms. The molecule has 0 aromatic heterocycles. The van der Waals surface area contributed by atoms with E-state index in [2.05, 4.69) is 65.8 Å². The van der Waals surface area contributed by atoms with Crippen LogP contribution in [0.5, 0.6) is 0 Å². The largest absolute Gasteiger partial charge is 0.167 e. The average Bonchev–Trinajstić information content (AvgIpc) is 2.61. The lowest BCUT2D eigenvalue weighted by molar-refractivity contribution is 0.172. The smallest absolute Gasteiger partial charge is 0.0411 e. The van der Waals surface area contributed by atoms with Crippen LogP contribution in [0, 0.1) is 35.5 Å². The Morgan fingerprint density at radius 3 is 1.29 bits per heavy atom. The molecule has 0 heterocycles. The molecule has 0 nitrogen and oxygen atoms in total. The van der Waals surface area contributed by atoms with Crippen molar-refractivity contribution >= 4 is 25.3 Å². The van der Waals surface area contributed by atoms with Crippen LogP contribution in [0.1, 0.15) is 91.2 Å². The number of hydrogen-bond acceptors (Lipinski definition) is 2. The van der Waals surface area contributed by atoms with Crippen LogP contribution in [0.4, 0.5) is 0 Å². The zero-order valence-electron chi connectivity index (χ0n) is 18.9. The maximum absolute atomic E-state index is 5.36. The first-order chi connectivity index (χ1) is 13.1. The number of hydrogen-bond donors (Lipinski definition) is 2. The van der Waals surface area contributed by atoms with Gasteiger partial charge in [0.1, 0.15) is 0 Å². The van der Waals surface area contributed by atoms with Crippen LogP contribution in [0.2, 0.25) is 0 Å². The topological polar surface area (TPSA) is 0 Å². The second-order valence-electron chi connectivity index (χ2n) is 10.9. The van der Waals surface area contributed by atoms with Crippen LogP contribution in [0.3, 0.4) is 0 Å². The van der Waals surface area contributed by atoms with E-state index < -0.39 is 0 Å². The van der Waals surface area contributed by atoms with E-state index in [0.29, 0.717) is 23.7 Å². The standard InChI is InChI=1S/C26H42S2/c1-17(2)23-13-7-19(5)15-25(23,27)21-9-11-22(12-10-21)26(28)16-20(6)8-14-24(26)18(3)4/h9-12,17-20,23-24,27-28H,7-8,13-16H2,1-6H3. The second-order valence-corrected chi connectivity index (χ2v) is 12.5. The zero-order valence-corrected chi connectivity index (χ0v) is 20.7. The van der Waals surface area contributed by atoms with Gasteiger partial charge >= 0.3 is 0 Å². The van der Waals surface area contributed by atoms with Gasteiger partial charge in [0.05, 0.1) is 0 Å². The quantitative estimate of drug-likeness (QED) is 0.453. The third-order valence-corrected chi connectivity index (χ3v) is 9.53. The molecule has 6 unspecified atom stereocenters. The van der Waals surface area contributed by atoms with Crippen LogP contribution in [0.15, 0.2) is 24.3 Å². The van der Waals surface area contributed by atoms with E-state index in [1.807, 2.05) is 0 Å². The average molecular weight is 419 g/mol. The van der Waals surface area contributed by atoms with Crippen molar-refractivity contribution in [1.82, 2.24) is 0 Å². The van der Waals surface area contributed by atoms with Crippen molar-refractivity contribution in [2.45, 2.75) is 89.6 Å². The summed E-state index contributed by atoms with van der Waals surface area (Å²) in [7, 11) is 0. The van der Waals surface area contributed by atoms with E-state index in [1.54, 1.807) is 0 Å². The van der Waals surface area contributed by atoms with Gasteiger partial charge in [0, 0.05) is 9.49 Å². The van der Waals surface area contributed by atoms with E-state index in [9.17, 15) is 0 Å². The Morgan fingerprint density at radius 2 is 1.00 bits per heavy atom. The van der Waals surface area contributed by atoms with E-state index in [-0.39, 0.29) is 9.49 Å². The Balaban J connectivity index is 1.93. The van der Waals surface area contributed by atoms with Gasteiger partial charge in [-0.05, 0) is 72.3 Å². The maximum Gasteiger partial charge on any atom is 0.0411 e. The molecule has 1 aromatic rings. The molecule has 0 N–H and O–H groups in total. The Bertz CT molecular complexity index is 592. The van der Waals surface area contributed by atoms with E-state index in [1.165, 1.54) is 49.7 Å². The Morgan fingerprint density at radius 1 is 0.679 bits per heavy atom. The third kappa shape index (κ3) is 4.20. The normalized spacial score (nSPS) is 39.5. The fourth-order valence-corrected chi connectivity index (χ4v) is 8.23. The Hall–Kier alpha value is -0.0800.